The summed E-state index contributed by atoms with van der Waals surface area (Å²) in [5.74, 6) is -0.518. The van der Waals surface area contributed by atoms with Crippen LogP contribution >= 0.6 is 11.8 Å². The molecule has 0 aliphatic rings. The molecular formula is C23H21N3O3S. The van der Waals surface area contributed by atoms with Crippen molar-refractivity contribution in [3.8, 4) is 6.07 Å². The van der Waals surface area contributed by atoms with E-state index >= 15 is 0 Å². The molecule has 7 heteroatoms. The first-order valence-corrected chi connectivity index (χ1v) is 10.4. The third-order valence-electron chi connectivity index (χ3n) is 4.54. The first kappa shape index (κ1) is 21.3. The standard InChI is InChI=1S/C23H21N3O3S/c1-4-29-23(28)16-5-7-19(8-6-16)25-21(27)13-30-22-18(12-24)11-17-9-14(2)15(3)10-20(17)26-22/h5-11H,4,13H2,1-3H3,(H,25,27). The smallest absolute Gasteiger partial charge is 0.338 e. The number of aromatic nitrogens is 1. The van der Waals surface area contributed by atoms with Gasteiger partial charge in [-0.2, -0.15) is 5.26 Å². The monoisotopic (exact) mass is 419 g/mol. The summed E-state index contributed by atoms with van der Waals surface area (Å²) in [5.41, 5.74) is 4.51. The van der Waals surface area contributed by atoms with Crippen LogP contribution in [-0.4, -0.2) is 29.2 Å². The molecule has 0 bridgehead atoms. The van der Waals surface area contributed by atoms with Gasteiger partial charge in [-0.1, -0.05) is 11.8 Å². The van der Waals surface area contributed by atoms with Gasteiger partial charge in [0.15, 0.2) is 0 Å². The van der Waals surface area contributed by atoms with Crippen LogP contribution in [0.2, 0.25) is 0 Å². The minimum atomic E-state index is -0.400. The van der Waals surface area contributed by atoms with E-state index in [2.05, 4.69) is 16.4 Å². The lowest BCUT2D eigenvalue weighted by atomic mass is 10.1. The third-order valence-corrected chi connectivity index (χ3v) is 5.53. The fourth-order valence-corrected chi connectivity index (χ4v) is 3.61. The maximum atomic E-state index is 12.3. The van der Waals surface area contributed by atoms with Gasteiger partial charge in [-0.3, -0.25) is 4.79 Å². The number of anilines is 1. The van der Waals surface area contributed by atoms with Crippen LogP contribution in [-0.2, 0) is 9.53 Å². The third kappa shape index (κ3) is 4.97. The van der Waals surface area contributed by atoms with Crippen molar-refractivity contribution in [1.29, 1.82) is 5.26 Å². The molecule has 1 N–H and O–H groups in total. The molecule has 30 heavy (non-hydrogen) atoms. The zero-order valence-corrected chi connectivity index (χ0v) is 17.8. The average Bonchev–Trinajstić information content (AvgIpc) is 2.73. The predicted molar refractivity (Wildman–Crippen MR) is 118 cm³/mol. The number of hydrogen-bond acceptors (Lipinski definition) is 6. The van der Waals surface area contributed by atoms with E-state index in [9.17, 15) is 14.9 Å². The van der Waals surface area contributed by atoms with Gasteiger partial charge >= 0.3 is 5.97 Å². The molecule has 152 valence electrons. The van der Waals surface area contributed by atoms with Crippen molar-refractivity contribution in [3.63, 3.8) is 0 Å². The van der Waals surface area contributed by atoms with Crippen LogP contribution in [0.1, 0.15) is 34.0 Å². The molecule has 0 saturated heterocycles. The summed E-state index contributed by atoms with van der Waals surface area (Å²) in [6, 6.07) is 14.5. The second kappa shape index (κ2) is 9.42. The second-order valence-corrected chi connectivity index (χ2v) is 7.68. The van der Waals surface area contributed by atoms with Crippen LogP contribution < -0.4 is 5.32 Å². The maximum absolute atomic E-state index is 12.3. The van der Waals surface area contributed by atoms with Crippen molar-refractivity contribution >= 4 is 40.2 Å². The Bertz CT molecular complexity index is 1150. The first-order chi connectivity index (χ1) is 14.4. The number of fused-ring (bicyclic) bond motifs is 1. The van der Waals surface area contributed by atoms with E-state index in [4.69, 9.17) is 4.74 Å². The van der Waals surface area contributed by atoms with E-state index in [0.717, 1.165) is 22.0 Å². The van der Waals surface area contributed by atoms with Crippen LogP contribution in [0.15, 0.2) is 47.5 Å². The number of pyridine rings is 1. The Hall–Kier alpha value is -3.37. The van der Waals surface area contributed by atoms with Crippen LogP contribution in [0, 0.1) is 25.2 Å². The normalized spacial score (nSPS) is 10.5. The number of nitrogens with one attached hydrogen (secondary N) is 1. The molecule has 0 unspecified atom stereocenters. The highest BCUT2D eigenvalue weighted by Crippen LogP contribution is 2.26. The fraction of sp³-hybridized carbons (Fsp3) is 0.217. The molecular weight excluding hydrogens is 398 g/mol. The SMILES string of the molecule is CCOC(=O)c1ccc(NC(=O)CSc2nc3cc(C)c(C)cc3cc2C#N)cc1. The molecule has 6 nitrogen and oxygen atoms in total. The lowest BCUT2D eigenvalue weighted by molar-refractivity contribution is -0.113. The molecule has 3 aromatic rings. The van der Waals surface area contributed by atoms with Crippen LogP contribution in [0.4, 0.5) is 5.69 Å². The summed E-state index contributed by atoms with van der Waals surface area (Å²) < 4.78 is 4.94. The van der Waals surface area contributed by atoms with Gasteiger partial charge in [0, 0.05) is 11.1 Å². The molecule has 1 aromatic heterocycles. The lowest BCUT2D eigenvalue weighted by Gasteiger charge is -2.09. The molecule has 0 fully saturated rings. The second-order valence-electron chi connectivity index (χ2n) is 6.72. The number of ether oxygens (including phenoxy) is 1. The zero-order valence-electron chi connectivity index (χ0n) is 17.0. The minimum Gasteiger partial charge on any atom is -0.462 e. The number of carbonyl (C=O) groups excluding carboxylic acids is 2. The molecule has 0 atom stereocenters. The number of hydrogen-bond donors (Lipinski definition) is 1. The Labute approximate surface area is 179 Å². The van der Waals surface area contributed by atoms with Gasteiger partial charge in [-0.25, -0.2) is 9.78 Å². The van der Waals surface area contributed by atoms with Crippen molar-refractivity contribution in [3.05, 3.63) is 64.7 Å². The maximum Gasteiger partial charge on any atom is 0.338 e. The summed E-state index contributed by atoms with van der Waals surface area (Å²) in [5, 5.41) is 13.7. The van der Waals surface area contributed by atoms with E-state index in [1.54, 1.807) is 31.2 Å². The van der Waals surface area contributed by atoms with Gasteiger partial charge < -0.3 is 10.1 Å². The van der Waals surface area contributed by atoms with E-state index in [0.29, 0.717) is 28.4 Å². The summed E-state index contributed by atoms with van der Waals surface area (Å²) >= 11 is 1.22. The summed E-state index contributed by atoms with van der Waals surface area (Å²) in [6.45, 7) is 6.09. The summed E-state index contributed by atoms with van der Waals surface area (Å²) in [6.07, 6.45) is 0. The van der Waals surface area contributed by atoms with Gasteiger partial charge in [-0.05, 0) is 74.4 Å². The van der Waals surface area contributed by atoms with Crippen molar-refractivity contribution in [2.24, 2.45) is 0 Å². The molecule has 0 saturated carbocycles. The first-order valence-electron chi connectivity index (χ1n) is 9.43. The lowest BCUT2D eigenvalue weighted by Crippen LogP contribution is -2.14. The molecule has 2 aromatic carbocycles. The Morgan fingerprint density at radius 3 is 2.50 bits per heavy atom. The van der Waals surface area contributed by atoms with E-state index in [-0.39, 0.29) is 11.7 Å². The predicted octanol–water partition coefficient (Wildman–Crippen LogP) is 4.63. The zero-order chi connectivity index (χ0) is 21.7. The van der Waals surface area contributed by atoms with Gasteiger partial charge in [0.2, 0.25) is 5.91 Å². The molecule has 1 heterocycles. The Kier molecular flexibility index (Phi) is 6.70. The number of nitrogens with zero attached hydrogens (tertiary/aromatic N) is 2. The number of rotatable bonds is 6. The number of benzene rings is 2. The van der Waals surface area contributed by atoms with Crippen LogP contribution in [0.25, 0.3) is 10.9 Å². The molecule has 0 spiro atoms. The van der Waals surface area contributed by atoms with E-state index in [1.165, 1.54) is 11.8 Å². The number of esters is 1. The van der Waals surface area contributed by atoms with Crippen molar-refractivity contribution < 1.29 is 14.3 Å². The number of thioether (sulfide) groups is 1. The number of carbonyl (C=O) groups is 2. The average molecular weight is 420 g/mol. The largest absolute Gasteiger partial charge is 0.462 e. The quantitative estimate of drug-likeness (QED) is 0.463. The molecule has 1 amide bonds. The van der Waals surface area contributed by atoms with Crippen molar-refractivity contribution in [2.75, 3.05) is 17.7 Å². The summed E-state index contributed by atoms with van der Waals surface area (Å²) in [7, 11) is 0. The molecule has 0 aliphatic heterocycles. The van der Waals surface area contributed by atoms with Gasteiger partial charge in [0.1, 0.15) is 11.1 Å². The minimum absolute atomic E-state index is 0.109. The van der Waals surface area contributed by atoms with Gasteiger partial charge in [-0.15, -0.1) is 0 Å². The number of nitriles is 1. The molecule has 0 radical (unpaired) electrons. The van der Waals surface area contributed by atoms with Crippen molar-refractivity contribution in [1.82, 2.24) is 4.98 Å². The molecule has 0 aliphatic carbocycles. The van der Waals surface area contributed by atoms with E-state index < -0.39 is 5.97 Å². The topological polar surface area (TPSA) is 92.1 Å². The number of aryl methyl sites for hydroxylation is 2. The molecule has 3 rings (SSSR count). The number of amides is 1. The highest BCUT2D eigenvalue weighted by Gasteiger charge is 2.12. The highest BCUT2D eigenvalue weighted by atomic mass is 32.2. The Morgan fingerprint density at radius 2 is 1.83 bits per heavy atom. The Balaban J connectivity index is 1.68. The van der Waals surface area contributed by atoms with Gasteiger partial charge in [0.25, 0.3) is 0 Å². The van der Waals surface area contributed by atoms with Crippen molar-refractivity contribution in [2.45, 2.75) is 25.8 Å². The van der Waals surface area contributed by atoms with Gasteiger partial charge in [0.05, 0.1) is 29.0 Å². The van der Waals surface area contributed by atoms with E-state index in [1.807, 2.05) is 32.0 Å². The summed E-state index contributed by atoms with van der Waals surface area (Å²) in [4.78, 5) is 28.6. The van der Waals surface area contributed by atoms with Crippen LogP contribution in [0.5, 0.6) is 0 Å². The highest BCUT2D eigenvalue weighted by molar-refractivity contribution is 8.00. The van der Waals surface area contributed by atoms with Crippen LogP contribution in [0.3, 0.4) is 0 Å². The fourth-order valence-electron chi connectivity index (χ4n) is 2.85. The Morgan fingerprint density at radius 1 is 1.13 bits per heavy atom.